The lowest BCUT2D eigenvalue weighted by Gasteiger charge is -2.38. The van der Waals surface area contributed by atoms with Crippen molar-refractivity contribution in [1.29, 1.82) is 0 Å². The van der Waals surface area contributed by atoms with Gasteiger partial charge in [-0.1, -0.05) is 34.1 Å². The van der Waals surface area contributed by atoms with Crippen LogP contribution >= 0.6 is 15.9 Å². The van der Waals surface area contributed by atoms with Crippen molar-refractivity contribution in [3.8, 4) is 0 Å². The molecule has 0 saturated carbocycles. The van der Waals surface area contributed by atoms with Crippen LogP contribution in [0.4, 0.5) is 11.4 Å². The number of aryl methyl sites for hydroxylation is 1. The molecule has 1 heterocycles. The zero-order valence-corrected chi connectivity index (χ0v) is 13.1. The summed E-state index contributed by atoms with van der Waals surface area (Å²) in [5, 5.41) is 9.66. The Morgan fingerprint density at radius 3 is 2.80 bits per heavy atom. The third kappa shape index (κ3) is 2.36. The molecule has 0 amide bonds. The van der Waals surface area contributed by atoms with Crippen LogP contribution < -0.4 is 4.90 Å². The Bertz CT molecular complexity index is 626. The van der Waals surface area contributed by atoms with E-state index in [2.05, 4.69) is 58.1 Å². The molecule has 0 aromatic heterocycles. The second-order valence-electron chi connectivity index (χ2n) is 5.32. The molecule has 1 N–H and O–H groups in total. The molecular formula is C17H18BrNO. The minimum atomic E-state index is 0.0557. The van der Waals surface area contributed by atoms with E-state index in [9.17, 15) is 5.11 Å². The molecule has 104 valence electrons. The van der Waals surface area contributed by atoms with Gasteiger partial charge in [-0.25, -0.2) is 0 Å². The van der Waals surface area contributed by atoms with Gasteiger partial charge in [0, 0.05) is 27.5 Å². The quantitative estimate of drug-likeness (QED) is 0.880. The van der Waals surface area contributed by atoms with Gasteiger partial charge in [0.25, 0.3) is 0 Å². The third-order valence-electron chi connectivity index (χ3n) is 3.99. The first-order chi connectivity index (χ1) is 9.70. The fraction of sp³-hybridized carbons (Fsp3) is 0.294. The summed E-state index contributed by atoms with van der Waals surface area (Å²) in [6, 6.07) is 15.1. The summed E-state index contributed by atoms with van der Waals surface area (Å²) in [7, 11) is 0. The molecule has 1 unspecified atom stereocenters. The number of rotatable bonds is 2. The van der Waals surface area contributed by atoms with Crippen LogP contribution in [0.1, 0.15) is 24.5 Å². The van der Waals surface area contributed by atoms with Crippen molar-refractivity contribution in [2.45, 2.75) is 32.4 Å². The Kier molecular flexibility index (Phi) is 3.81. The predicted octanol–water partition coefficient (Wildman–Crippen LogP) is 4.41. The van der Waals surface area contributed by atoms with Crippen LogP contribution in [0.15, 0.2) is 46.9 Å². The van der Waals surface area contributed by atoms with Crippen LogP contribution in [-0.4, -0.2) is 11.1 Å². The van der Waals surface area contributed by atoms with Crippen molar-refractivity contribution >= 4 is 27.3 Å². The number of halogens is 1. The molecule has 0 aliphatic carbocycles. The van der Waals surface area contributed by atoms with E-state index in [1.165, 1.54) is 11.3 Å². The number of hydrogen-bond donors (Lipinski definition) is 1. The van der Waals surface area contributed by atoms with Gasteiger partial charge in [0.1, 0.15) is 0 Å². The van der Waals surface area contributed by atoms with Gasteiger partial charge in [-0.05, 0) is 49.6 Å². The summed E-state index contributed by atoms with van der Waals surface area (Å²) in [6.45, 7) is 2.30. The van der Waals surface area contributed by atoms with Gasteiger partial charge >= 0.3 is 0 Å². The second-order valence-corrected chi connectivity index (χ2v) is 6.23. The summed E-state index contributed by atoms with van der Waals surface area (Å²) in [6.07, 6.45) is 2.26. The van der Waals surface area contributed by atoms with Crippen LogP contribution in [0.5, 0.6) is 0 Å². The molecule has 1 aliphatic rings. The maximum absolute atomic E-state index is 9.66. The van der Waals surface area contributed by atoms with E-state index < -0.39 is 0 Å². The van der Waals surface area contributed by atoms with E-state index in [-0.39, 0.29) is 6.61 Å². The molecular weight excluding hydrogens is 314 g/mol. The van der Waals surface area contributed by atoms with Crippen molar-refractivity contribution in [3.05, 3.63) is 58.1 Å². The van der Waals surface area contributed by atoms with Gasteiger partial charge < -0.3 is 10.0 Å². The summed E-state index contributed by atoms with van der Waals surface area (Å²) in [5.74, 6) is 0. The molecule has 2 nitrogen and oxygen atoms in total. The van der Waals surface area contributed by atoms with Gasteiger partial charge in [0.05, 0.1) is 6.61 Å². The number of benzene rings is 2. The van der Waals surface area contributed by atoms with Crippen molar-refractivity contribution in [3.63, 3.8) is 0 Å². The Labute approximate surface area is 128 Å². The second kappa shape index (κ2) is 5.58. The summed E-state index contributed by atoms with van der Waals surface area (Å²) >= 11 is 3.48. The van der Waals surface area contributed by atoms with E-state index in [4.69, 9.17) is 0 Å². The lowest BCUT2D eigenvalue weighted by atomic mass is 9.95. The highest BCUT2D eigenvalue weighted by Gasteiger charge is 2.25. The van der Waals surface area contributed by atoms with Crippen LogP contribution in [0.3, 0.4) is 0 Å². The first kappa shape index (κ1) is 13.7. The number of aliphatic hydroxyl groups excluding tert-OH is 1. The molecule has 2 aromatic rings. The lowest BCUT2D eigenvalue weighted by molar-refractivity contribution is 0.282. The molecule has 0 spiro atoms. The zero-order valence-electron chi connectivity index (χ0n) is 11.5. The minimum Gasteiger partial charge on any atom is -0.392 e. The number of anilines is 2. The van der Waals surface area contributed by atoms with E-state index in [1.54, 1.807) is 0 Å². The molecule has 0 bridgehead atoms. The maximum atomic E-state index is 9.66. The third-order valence-corrected chi connectivity index (χ3v) is 4.49. The summed E-state index contributed by atoms with van der Waals surface area (Å²) < 4.78 is 1.00. The summed E-state index contributed by atoms with van der Waals surface area (Å²) in [4.78, 5) is 2.36. The smallest absolute Gasteiger partial charge is 0.0702 e. The number of nitrogens with zero attached hydrogens (tertiary/aromatic N) is 1. The molecule has 0 fully saturated rings. The van der Waals surface area contributed by atoms with Crippen molar-refractivity contribution < 1.29 is 5.11 Å². The Balaban J connectivity index is 2.14. The Morgan fingerprint density at radius 2 is 2.00 bits per heavy atom. The van der Waals surface area contributed by atoms with E-state index >= 15 is 0 Å². The minimum absolute atomic E-state index is 0.0557. The molecule has 20 heavy (non-hydrogen) atoms. The molecule has 2 aromatic carbocycles. The van der Waals surface area contributed by atoms with Crippen LogP contribution in [0, 0.1) is 0 Å². The maximum Gasteiger partial charge on any atom is 0.0702 e. The Morgan fingerprint density at radius 1 is 1.20 bits per heavy atom. The van der Waals surface area contributed by atoms with E-state index in [0.717, 1.165) is 28.6 Å². The fourth-order valence-electron chi connectivity index (χ4n) is 2.97. The predicted molar refractivity (Wildman–Crippen MR) is 86.4 cm³/mol. The number of para-hydroxylation sites is 1. The first-order valence-electron chi connectivity index (χ1n) is 6.97. The number of aliphatic hydroxyl groups is 1. The molecule has 3 heteroatoms. The average Bonchev–Trinajstić information content (AvgIpc) is 2.48. The SMILES string of the molecule is CC1CCc2ccccc2N1c1ccc(Br)cc1CO. The standard InChI is InChI=1S/C17H18BrNO/c1-12-6-7-13-4-2-3-5-16(13)19(12)17-9-8-15(18)10-14(17)11-20/h2-5,8-10,12,20H,6-7,11H2,1H3. The average molecular weight is 332 g/mol. The summed E-state index contributed by atoms with van der Waals surface area (Å²) in [5.41, 5.74) is 4.72. The molecule has 3 rings (SSSR count). The lowest BCUT2D eigenvalue weighted by Crippen LogP contribution is -2.33. The molecule has 1 atom stereocenters. The van der Waals surface area contributed by atoms with Gasteiger partial charge in [0.2, 0.25) is 0 Å². The number of fused-ring (bicyclic) bond motifs is 1. The topological polar surface area (TPSA) is 23.5 Å². The normalized spacial score (nSPS) is 17.9. The fourth-order valence-corrected chi connectivity index (χ4v) is 3.38. The first-order valence-corrected chi connectivity index (χ1v) is 7.76. The van der Waals surface area contributed by atoms with Gasteiger partial charge in [-0.3, -0.25) is 0 Å². The van der Waals surface area contributed by atoms with Crippen molar-refractivity contribution in [2.24, 2.45) is 0 Å². The van der Waals surface area contributed by atoms with Crippen molar-refractivity contribution in [1.82, 2.24) is 0 Å². The highest BCUT2D eigenvalue weighted by molar-refractivity contribution is 9.10. The van der Waals surface area contributed by atoms with Crippen LogP contribution in [-0.2, 0) is 13.0 Å². The highest BCUT2D eigenvalue weighted by atomic mass is 79.9. The van der Waals surface area contributed by atoms with Crippen molar-refractivity contribution in [2.75, 3.05) is 4.90 Å². The molecule has 0 saturated heterocycles. The largest absolute Gasteiger partial charge is 0.392 e. The molecule has 1 aliphatic heterocycles. The zero-order chi connectivity index (χ0) is 14.1. The monoisotopic (exact) mass is 331 g/mol. The highest BCUT2D eigenvalue weighted by Crippen LogP contribution is 2.39. The van der Waals surface area contributed by atoms with Crippen LogP contribution in [0.25, 0.3) is 0 Å². The number of hydrogen-bond acceptors (Lipinski definition) is 2. The van der Waals surface area contributed by atoms with Gasteiger partial charge in [0.15, 0.2) is 0 Å². The van der Waals surface area contributed by atoms with E-state index in [0.29, 0.717) is 6.04 Å². The van der Waals surface area contributed by atoms with Gasteiger partial charge in [-0.2, -0.15) is 0 Å². The Hall–Kier alpha value is -1.32. The molecule has 0 radical (unpaired) electrons. The van der Waals surface area contributed by atoms with Crippen LogP contribution in [0.2, 0.25) is 0 Å². The van der Waals surface area contributed by atoms with Gasteiger partial charge in [-0.15, -0.1) is 0 Å². The van der Waals surface area contributed by atoms with E-state index in [1.807, 2.05) is 12.1 Å².